The summed E-state index contributed by atoms with van der Waals surface area (Å²) in [6.45, 7) is 2.35. The van der Waals surface area contributed by atoms with Gasteiger partial charge in [0.25, 0.3) is 0 Å². The molecule has 0 spiro atoms. The Kier molecular flexibility index (Phi) is 4.62. The Labute approximate surface area is 118 Å². The molecule has 0 bridgehead atoms. The SMILES string of the molecule is CC1CC1C(=O)NCCC(=O)NC(CC(=O)O)C1CC1. The molecule has 0 saturated heterocycles. The Morgan fingerprint density at radius 3 is 2.45 bits per heavy atom. The van der Waals surface area contributed by atoms with E-state index in [1.165, 1.54) is 0 Å². The largest absolute Gasteiger partial charge is 0.481 e. The van der Waals surface area contributed by atoms with Crippen LogP contribution >= 0.6 is 0 Å². The lowest BCUT2D eigenvalue weighted by Gasteiger charge is -2.16. The van der Waals surface area contributed by atoms with Crippen molar-refractivity contribution in [2.75, 3.05) is 6.54 Å². The summed E-state index contributed by atoms with van der Waals surface area (Å²) < 4.78 is 0. The van der Waals surface area contributed by atoms with Gasteiger partial charge >= 0.3 is 5.97 Å². The summed E-state index contributed by atoms with van der Waals surface area (Å²) in [5.74, 6) is -0.181. The average Bonchev–Trinajstić information content (AvgIpc) is 3.21. The second-order valence-electron chi connectivity index (χ2n) is 5.97. The first-order valence-corrected chi connectivity index (χ1v) is 7.26. The standard InChI is InChI=1S/C14H22N2O4/c1-8-6-10(8)14(20)15-5-4-12(17)16-11(7-13(18)19)9-2-3-9/h8-11H,2-7H2,1H3,(H,15,20)(H,16,17)(H,18,19). The quantitative estimate of drug-likeness (QED) is 0.604. The molecule has 6 nitrogen and oxygen atoms in total. The normalized spacial score (nSPS) is 25.6. The lowest BCUT2D eigenvalue weighted by molar-refractivity contribution is -0.137. The zero-order chi connectivity index (χ0) is 14.7. The van der Waals surface area contributed by atoms with Crippen LogP contribution in [0.3, 0.4) is 0 Å². The zero-order valence-electron chi connectivity index (χ0n) is 11.7. The summed E-state index contributed by atoms with van der Waals surface area (Å²) >= 11 is 0. The van der Waals surface area contributed by atoms with Crippen LogP contribution in [0.4, 0.5) is 0 Å². The van der Waals surface area contributed by atoms with Gasteiger partial charge in [-0.1, -0.05) is 6.92 Å². The van der Waals surface area contributed by atoms with Crippen molar-refractivity contribution in [2.45, 2.75) is 45.1 Å². The maximum Gasteiger partial charge on any atom is 0.305 e. The number of amides is 2. The molecular formula is C14H22N2O4. The molecule has 2 amide bonds. The summed E-state index contributed by atoms with van der Waals surface area (Å²) in [7, 11) is 0. The van der Waals surface area contributed by atoms with Crippen LogP contribution in [0.2, 0.25) is 0 Å². The molecule has 3 N–H and O–H groups in total. The fraction of sp³-hybridized carbons (Fsp3) is 0.786. The number of hydrogen-bond acceptors (Lipinski definition) is 3. The Balaban J connectivity index is 1.63. The molecule has 0 aromatic rings. The lowest BCUT2D eigenvalue weighted by atomic mass is 10.1. The molecule has 0 aromatic heterocycles. The lowest BCUT2D eigenvalue weighted by Crippen LogP contribution is -2.39. The van der Waals surface area contributed by atoms with E-state index < -0.39 is 5.97 Å². The highest BCUT2D eigenvalue weighted by Gasteiger charge is 2.39. The Morgan fingerprint density at radius 2 is 1.95 bits per heavy atom. The maximum absolute atomic E-state index is 11.7. The van der Waals surface area contributed by atoms with Crippen LogP contribution in [0.1, 0.15) is 39.0 Å². The molecule has 0 aromatic carbocycles. The minimum Gasteiger partial charge on any atom is -0.481 e. The van der Waals surface area contributed by atoms with Crippen LogP contribution in [0.15, 0.2) is 0 Å². The van der Waals surface area contributed by atoms with Crippen molar-refractivity contribution in [3.05, 3.63) is 0 Å². The fourth-order valence-corrected chi connectivity index (χ4v) is 2.42. The summed E-state index contributed by atoms with van der Waals surface area (Å²) in [5, 5.41) is 14.3. The number of carboxylic acid groups (broad SMARTS) is 1. The highest BCUT2D eigenvalue weighted by atomic mass is 16.4. The summed E-state index contributed by atoms with van der Waals surface area (Å²) in [5.41, 5.74) is 0. The van der Waals surface area contributed by atoms with Gasteiger partial charge in [-0.3, -0.25) is 14.4 Å². The van der Waals surface area contributed by atoms with Crippen LogP contribution in [0.5, 0.6) is 0 Å². The molecule has 112 valence electrons. The van der Waals surface area contributed by atoms with E-state index in [4.69, 9.17) is 5.11 Å². The molecule has 0 radical (unpaired) electrons. The van der Waals surface area contributed by atoms with Crippen molar-refractivity contribution in [1.82, 2.24) is 10.6 Å². The predicted molar refractivity (Wildman–Crippen MR) is 71.8 cm³/mol. The zero-order valence-corrected chi connectivity index (χ0v) is 11.7. The Hall–Kier alpha value is -1.59. The van der Waals surface area contributed by atoms with Gasteiger partial charge in [-0.25, -0.2) is 0 Å². The molecule has 20 heavy (non-hydrogen) atoms. The third-order valence-electron chi connectivity index (χ3n) is 4.03. The van der Waals surface area contributed by atoms with Crippen LogP contribution in [0.25, 0.3) is 0 Å². The molecule has 3 unspecified atom stereocenters. The molecule has 0 aliphatic heterocycles. The summed E-state index contributed by atoms with van der Waals surface area (Å²) in [6.07, 6.45) is 3.07. The smallest absolute Gasteiger partial charge is 0.305 e. The number of rotatable bonds is 8. The molecule has 2 fully saturated rings. The molecule has 2 aliphatic rings. The molecule has 2 saturated carbocycles. The minimum absolute atomic E-state index is 0.0228. The van der Waals surface area contributed by atoms with Crippen LogP contribution < -0.4 is 10.6 Å². The van der Waals surface area contributed by atoms with E-state index in [1.807, 2.05) is 6.92 Å². The maximum atomic E-state index is 11.7. The molecular weight excluding hydrogens is 260 g/mol. The average molecular weight is 282 g/mol. The first kappa shape index (κ1) is 14.8. The van der Waals surface area contributed by atoms with Crippen molar-refractivity contribution in [3.8, 4) is 0 Å². The van der Waals surface area contributed by atoms with Gasteiger partial charge in [0.2, 0.25) is 11.8 Å². The first-order valence-electron chi connectivity index (χ1n) is 7.26. The van der Waals surface area contributed by atoms with Gasteiger partial charge in [0.15, 0.2) is 0 Å². The van der Waals surface area contributed by atoms with Crippen LogP contribution in [-0.4, -0.2) is 35.5 Å². The van der Waals surface area contributed by atoms with Crippen molar-refractivity contribution in [1.29, 1.82) is 0 Å². The minimum atomic E-state index is -0.891. The number of carboxylic acids is 1. The predicted octanol–water partition coefficient (Wildman–Crippen LogP) is 0.518. The number of carbonyl (C=O) groups excluding carboxylic acids is 2. The first-order chi connectivity index (χ1) is 9.47. The van der Waals surface area contributed by atoms with E-state index in [0.717, 1.165) is 19.3 Å². The van der Waals surface area contributed by atoms with Gasteiger partial charge in [0.05, 0.1) is 6.42 Å². The molecule has 3 atom stereocenters. The number of carbonyl (C=O) groups is 3. The van der Waals surface area contributed by atoms with Crippen molar-refractivity contribution in [2.24, 2.45) is 17.8 Å². The summed E-state index contributed by atoms with van der Waals surface area (Å²) in [6, 6.07) is -0.265. The van der Waals surface area contributed by atoms with Crippen molar-refractivity contribution >= 4 is 17.8 Å². The van der Waals surface area contributed by atoms with Gasteiger partial charge in [0.1, 0.15) is 0 Å². The van der Waals surface area contributed by atoms with E-state index in [9.17, 15) is 14.4 Å². The van der Waals surface area contributed by atoms with E-state index in [0.29, 0.717) is 18.4 Å². The van der Waals surface area contributed by atoms with Crippen LogP contribution in [-0.2, 0) is 14.4 Å². The van der Waals surface area contributed by atoms with Gasteiger partial charge in [-0.05, 0) is 31.1 Å². The van der Waals surface area contributed by atoms with Crippen molar-refractivity contribution < 1.29 is 19.5 Å². The van der Waals surface area contributed by atoms with E-state index >= 15 is 0 Å². The van der Waals surface area contributed by atoms with E-state index in [1.54, 1.807) is 0 Å². The second-order valence-corrected chi connectivity index (χ2v) is 5.97. The van der Waals surface area contributed by atoms with E-state index in [2.05, 4.69) is 10.6 Å². The van der Waals surface area contributed by atoms with Gasteiger partial charge in [-0.15, -0.1) is 0 Å². The van der Waals surface area contributed by atoms with Gasteiger partial charge in [-0.2, -0.15) is 0 Å². The Morgan fingerprint density at radius 1 is 1.30 bits per heavy atom. The Bertz CT molecular complexity index is 406. The van der Waals surface area contributed by atoms with Gasteiger partial charge < -0.3 is 15.7 Å². The number of aliphatic carboxylic acids is 1. The molecule has 0 heterocycles. The van der Waals surface area contributed by atoms with E-state index in [-0.39, 0.29) is 36.6 Å². The molecule has 6 heteroatoms. The monoisotopic (exact) mass is 282 g/mol. The highest BCUT2D eigenvalue weighted by molar-refractivity contribution is 5.82. The van der Waals surface area contributed by atoms with Crippen LogP contribution in [0, 0.1) is 17.8 Å². The van der Waals surface area contributed by atoms with Crippen molar-refractivity contribution in [3.63, 3.8) is 0 Å². The highest BCUT2D eigenvalue weighted by Crippen LogP contribution is 2.37. The molecule has 2 rings (SSSR count). The van der Waals surface area contributed by atoms with Gasteiger partial charge in [0, 0.05) is 24.9 Å². The summed E-state index contributed by atoms with van der Waals surface area (Å²) in [4.78, 5) is 34.0. The topological polar surface area (TPSA) is 95.5 Å². The molecule has 2 aliphatic carbocycles. The fourth-order valence-electron chi connectivity index (χ4n) is 2.42. The second kappa shape index (κ2) is 6.24. The third kappa shape index (κ3) is 4.51. The number of nitrogens with one attached hydrogen (secondary N) is 2. The third-order valence-corrected chi connectivity index (χ3v) is 4.03. The number of hydrogen-bond donors (Lipinski definition) is 3.